The summed E-state index contributed by atoms with van der Waals surface area (Å²) >= 11 is 0. The molecule has 35 heavy (non-hydrogen) atoms. The monoisotopic (exact) mass is 528 g/mol. The molecule has 198 valence electrons. The summed E-state index contributed by atoms with van der Waals surface area (Å²) in [5.41, 5.74) is 0.194. The van der Waals surface area contributed by atoms with Gasteiger partial charge in [-0.2, -0.15) is 0 Å². The topological polar surface area (TPSA) is 190 Å². The van der Waals surface area contributed by atoms with Gasteiger partial charge in [0.15, 0.2) is 0 Å². The summed E-state index contributed by atoms with van der Waals surface area (Å²) in [6.07, 6.45) is 5.59. The number of carboxylic acids is 3. The molecule has 9 nitrogen and oxygen atoms in total. The van der Waals surface area contributed by atoms with Crippen molar-refractivity contribution < 1.29 is 45.0 Å². The van der Waals surface area contributed by atoms with Gasteiger partial charge in [0.2, 0.25) is 0 Å². The van der Waals surface area contributed by atoms with Crippen LogP contribution in [-0.2, 0) is 14.4 Å². The maximum absolute atomic E-state index is 9.53. The molecule has 0 radical (unpaired) electrons. The molecule has 0 amide bonds. The average molecular weight is 529 g/mol. The first-order valence-electron chi connectivity index (χ1n) is 10.5. The van der Waals surface area contributed by atoms with Gasteiger partial charge in [-0.25, -0.2) is 0 Å². The summed E-state index contributed by atoms with van der Waals surface area (Å²) in [4.78, 5) is 28.5. The third-order valence-electron chi connectivity index (χ3n) is 2.54. The number of carbonyl (C=O) groups excluding carboxylic acids is 3. The number of hydrogen-bond acceptors (Lipinski definition) is 9. The Hall–Kier alpha value is -1.43. The number of unbranched alkanes of at least 4 members (excludes halogenated alkanes) is 3. The van der Waals surface area contributed by atoms with Crippen molar-refractivity contribution in [2.45, 2.75) is 80.1 Å². The van der Waals surface area contributed by atoms with Crippen LogP contribution in [0.25, 0.3) is 0 Å². The molecule has 0 aliphatic carbocycles. The van der Waals surface area contributed by atoms with E-state index >= 15 is 0 Å². The fourth-order valence-electron chi connectivity index (χ4n) is 0.433. The van der Waals surface area contributed by atoms with E-state index in [1.807, 2.05) is 20.8 Å². The quantitative estimate of drug-likeness (QED) is 0.232. The summed E-state index contributed by atoms with van der Waals surface area (Å²) in [5.74, 6) is -3.56. The van der Waals surface area contributed by atoms with Crippen LogP contribution in [0.3, 0.4) is 0 Å². The van der Waals surface area contributed by atoms with Crippen LogP contribution >= 0.6 is 0 Å². The van der Waals surface area contributed by atoms with Gasteiger partial charge in [-0.15, -0.1) is 19.8 Å². The molecule has 0 saturated heterocycles. The average Bonchev–Trinajstić information content (AvgIpc) is 2.72. The van der Waals surface area contributed by atoms with Crippen molar-refractivity contribution in [1.82, 2.24) is 0 Å². The van der Waals surface area contributed by atoms with E-state index < -0.39 is 17.9 Å². The van der Waals surface area contributed by atoms with Gasteiger partial charge in [-0.05, 0) is 37.5 Å². The molecule has 0 unspecified atom stereocenters. The second kappa shape index (κ2) is 49.7. The molecule has 0 aliphatic heterocycles. The molecule has 0 heterocycles. The normalized spacial score (nSPS) is 7.46. The molecule has 0 N–H and O–H groups in total. The minimum Gasteiger partial charge on any atom is -0.854 e. The van der Waals surface area contributed by atoms with Crippen LogP contribution in [0.1, 0.15) is 80.1 Å². The van der Waals surface area contributed by atoms with Crippen LogP contribution in [0.15, 0.2) is 36.5 Å². The molecular formula is C24H42Al2O9. The van der Waals surface area contributed by atoms with Crippen molar-refractivity contribution in [2.24, 2.45) is 0 Å². The summed E-state index contributed by atoms with van der Waals surface area (Å²) in [7, 11) is 0. The Morgan fingerprint density at radius 3 is 0.629 bits per heavy atom. The van der Waals surface area contributed by atoms with E-state index in [1.165, 1.54) is 20.8 Å². The first kappa shape index (κ1) is 54.5. The number of rotatable bonds is 9. The minimum absolute atomic E-state index is 0. The zero-order valence-electron chi connectivity index (χ0n) is 22.3. The van der Waals surface area contributed by atoms with E-state index in [4.69, 9.17) is 0 Å². The minimum atomic E-state index is -1.19. The van der Waals surface area contributed by atoms with Gasteiger partial charge in [0.1, 0.15) is 0 Å². The summed E-state index contributed by atoms with van der Waals surface area (Å²) in [5, 5.41) is 57.1. The SMILES string of the molecule is C=C(C)C(=O)[O-].C=C(C)C(=O)[O-].C=C(C)C(=O)[O-].CCCC[O-].CCCC[O-].CCCC[O-].[Al+3].[Al+3]. The number of aliphatic carboxylic acids is 3. The van der Waals surface area contributed by atoms with Crippen molar-refractivity contribution in [2.75, 3.05) is 19.8 Å². The van der Waals surface area contributed by atoms with E-state index in [1.54, 1.807) is 0 Å². The van der Waals surface area contributed by atoms with E-state index in [0.29, 0.717) is 0 Å². The molecular weight excluding hydrogens is 486 g/mol. The Labute approximate surface area is 233 Å². The Morgan fingerprint density at radius 1 is 0.514 bits per heavy atom. The van der Waals surface area contributed by atoms with Crippen molar-refractivity contribution in [3.05, 3.63) is 36.5 Å². The molecule has 11 heteroatoms. The van der Waals surface area contributed by atoms with Crippen molar-refractivity contribution in [3.63, 3.8) is 0 Å². The molecule has 0 aromatic rings. The molecule has 0 fully saturated rings. The molecule has 0 bridgehead atoms. The van der Waals surface area contributed by atoms with Crippen LogP contribution in [0, 0.1) is 0 Å². The van der Waals surface area contributed by atoms with E-state index in [2.05, 4.69) is 19.7 Å². The van der Waals surface area contributed by atoms with Crippen LogP contribution < -0.4 is 30.6 Å². The number of hydrogen-bond donors (Lipinski definition) is 0. The largest absolute Gasteiger partial charge is 3.00 e. The summed E-state index contributed by atoms with van der Waals surface area (Å²) in [6, 6.07) is 0. The molecule has 0 rings (SSSR count). The molecule has 0 atom stereocenters. The van der Waals surface area contributed by atoms with Crippen LogP contribution in [-0.4, -0.2) is 72.5 Å². The number of carbonyl (C=O) groups is 3. The first-order valence-corrected chi connectivity index (χ1v) is 10.5. The predicted molar refractivity (Wildman–Crippen MR) is 130 cm³/mol. The smallest absolute Gasteiger partial charge is 0.854 e. The van der Waals surface area contributed by atoms with Gasteiger partial charge in [0.05, 0.1) is 17.9 Å². The van der Waals surface area contributed by atoms with Crippen LogP contribution in [0.2, 0.25) is 0 Å². The first-order chi connectivity index (χ1) is 15.2. The van der Waals surface area contributed by atoms with E-state index in [9.17, 15) is 45.0 Å². The Balaban J connectivity index is -0.0000000413. The zero-order valence-corrected chi connectivity index (χ0v) is 24.6. The van der Waals surface area contributed by atoms with Crippen LogP contribution in [0.5, 0.6) is 0 Å². The molecule has 0 aromatic carbocycles. The van der Waals surface area contributed by atoms with E-state index in [0.717, 1.165) is 38.5 Å². The van der Waals surface area contributed by atoms with Gasteiger partial charge < -0.3 is 45.0 Å². The third kappa shape index (κ3) is 111. The molecule has 0 spiro atoms. The van der Waals surface area contributed by atoms with Crippen molar-refractivity contribution >= 4 is 52.6 Å². The van der Waals surface area contributed by atoms with Crippen molar-refractivity contribution in [3.8, 4) is 0 Å². The maximum Gasteiger partial charge on any atom is 3.00 e. The molecule has 0 aliphatic rings. The van der Waals surface area contributed by atoms with Gasteiger partial charge in [-0.1, -0.05) is 79.0 Å². The fourth-order valence-corrected chi connectivity index (χ4v) is 0.433. The predicted octanol–water partition coefficient (Wildman–Crippen LogP) is -2.38. The number of carboxylic acid groups (broad SMARTS) is 3. The van der Waals surface area contributed by atoms with Gasteiger partial charge in [0, 0.05) is 0 Å². The van der Waals surface area contributed by atoms with Gasteiger partial charge >= 0.3 is 34.7 Å². The fraction of sp³-hybridized carbons (Fsp3) is 0.625. The Morgan fingerprint density at radius 2 is 0.629 bits per heavy atom. The van der Waals surface area contributed by atoms with Gasteiger partial charge in [-0.3, -0.25) is 0 Å². The van der Waals surface area contributed by atoms with Crippen LogP contribution in [0.4, 0.5) is 0 Å². The standard InChI is InChI=1S/3C4H6O2.3C4H9O.2Al/c3*1-3(2)4(5)6;3*1-2-3-4-5;;/h3*1H2,2H3,(H,5,6);3*2-4H2,1H3;;/q;;;3*-1;2*+3/p-3. The Kier molecular flexibility index (Phi) is 77.3. The second-order valence-corrected chi connectivity index (χ2v) is 6.38. The maximum atomic E-state index is 9.53. The van der Waals surface area contributed by atoms with E-state index in [-0.39, 0.29) is 71.3 Å². The van der Waals surface area contributed by atoms with Crippen molar-refractivity contribution in [1.29, 1.82) is 0 Å². The summed E-state index contributed by atoms with van der Waals surface area (Å²) in [6.45, 7) is 19.7. The zero-order chi connectivity index (χ0) is 27.8. The summed E-state index contributed by atoms with van der Waals surface area (Å²) < 4.78 is 0. The Bertz CT molecular complexity index is 396. The third-order valence-corrected chi connectivity index (χ3v) is 2.54. The van der Waals surface area contributed by atoms with Gasteiger partial charge in [0.25, 0.3) is 0 Å². The molecule has 0 aromatic heterocycles. The molecule has 0 saturated carbocycles. The second-order valence-electron chi connectivity index (χ2n) is 6.38.